The van der Waals surface area contributed by atoms with E-state index in [-0.39, 0.29) is 18.4 Å². The van der Waals surface area contributed by atoms with Gasteiger partial charge in [-0.25, -0.2) is 4.98 Å². The number of hydrogen-bond acceptors (Lipinski definition) is 6. The lowest BCUT2D eigenvalue weighted by Gasteiger charge is -2.37. The maximum atomic E-state index is 12.2. The molecule has 1 fully saturated rings. The fourth-order valence-electron chi connectivity index (χ4n) is 3.80. The first-order valence-corrected chi connectivity index (χ1v) is 9.33. The van der Waals surface area contributed by atoms with Gasteiger partial charge >= 0.3 is 0 Å². The van der Waals surface area contributed by atoms with Gasteiger partial charge in [-0.05, 0) is 24.5 Å². The average Bonchev–Trinajstić information content (AvgIpc) is 3.15. The van der Waals surface area contributed by atoms with Crippen LogP contribution in [-0.4, -0.2) is 53.2 Å². The van der Waals surface area contributed by atoms with Crippen molar-refractivity contribution in [2.75, 3.05) is 25.5 Å². The molecule has 28 heavy (non-hydrogen) atoms. The van der Waals surface area contributed by atoms with Gasteiger partial charge in [0, 0.05) is 61.4 Å². The van der Waals surface area contributed by atoms with Crippen molar-refractivity contribution in [1.82, 2.24) is 20.2 Å². The lowest BCUT2D eigenvalue weighted by molar-refractivity contribution is -0.132. The predicted octanol–water partition coefficient (Wildman–Crippen LogP) is 2.34. The number of pyridine rings is 1. The van der Waals surface area contributed by atoms with Crippen molar-refractivity contribution in [2.24, 2.45) is 5.92 Å². The van der Waals surface area contributed by atoms with Gasteiger partial charge < -0.3 is 25.9 Å². The molecule has 2 aromatic rings. The number of aromatic nitrogens is 2. The van der Waals surface area contributed by atoms with E-state index >= 15 is 0 Å². The van der Waals surface area contributed by atoms with Crippen molar-refractivity contribution >= 4 is 34.5 Å². The smallest absolute Gasteiger partial charge is 0.236 e. The Kier molecular flexibility index (Phi) is 5.94. The van der Waals surface area contributed by atoms with Crippen LogP contribution in [0, 0.1) is 22.7 Å². The number of carbonyl (C=O) groups excluding carboxylic acids is 1. The van der Waals surface area contributed by atoms with Crippen molar-refractivity contribution in [1.29, 1.82) is 10.7 Å². The number of H-pyrrole nitrogens is 1. The van der Waals surface area contributed by atoms with E-state index in [9.17, 15) is 4.79 Å². The van der Waals surface area contributed by atoms with Gasteiger partial charge in [-0.3, -0.25) is 4.79 Å². The molecule has 3 heterocycles. The van der Waals surface area contributed by atoms with E-state index in [1.165, 1.54) is 6.21 Å². The van der Waals surface area contributed by atoms with Crippen LogP contribution >= 0.6 is 0 Å². The van der Waals surface area contributed by atoms with Crippen LogP contribution in [0.25, 0.3) is 16.7 Å². The van der Waals surface area contributed by atoms with Crippen LogP contribution in [0.5, 0.6) is 0 Å². The zero-order valence-corrected chi connectivity index (χ0v) is 16.1. The summed E-state index contributed by atoms with van der Waals surface area (Å²) in [5.74, 6) is 0.212. The van der Waals surface area contributed by atoms with E-state index in [1.807, 2.05) is 25.4 Å². The summed E-state index contributed by atoms with van der Waals surface area (Å²) in [6, 6.07) is 3.98. The summed E-state index contributed by atoms with van der Waals surface area (Å²) in [6.45, 7) is 3.35. The largest absolute Gasteiger partial charge is 0.387 e. The van der Waals surface area contributed by atoms with Crippen LogP contribution in [0.4, 0.5) is 5.69 Å². The Hall–Kier alpha value is -3.34. The number of aromatic amines is 1. The van der Waals surface area contributed by atoms with Gasteiger partial charge in [0.25, 0.3) is 0 Å². The van der Waals surface area contributed by atoms with Crippen LogP contribution in [0.1, 0.15) is 25.3 Å². The second-order valence-corrected chi connectivity index (χ2v) is 7.10. The number of nitrogens with one attached hydrogen (secondary N) is 4. The van der Waals surface area contributed by atoms with Crippen molar-refractivity contribution in [3.8, 4) is 6.07 Å². The van der Waals surface area contributed by atoms with Crippen molar-refractivity contribution < 1.29 is 4.79 Å². The molecule has 1 aliphatic heterocycles. The van der Waals surface area contributed by atoms with Crippen LogP contribution in [-0.2, 0) is 4.79 Å². The Morgan fingerprint density at radius 1 is 1.54 bits per heavy atom. The summed E-state index contributed by atoms with van der Waals surface area (Å²) in [5, 5.41) is 24.0. The predicted molar refractivity (Wildman–Crippen MR) is 110 cm³/mol. The quantitative estimate of drug-likeness (QED) is 0.574. The number of nitrogens with zero attached hydrogens (tertiary/aromatic N) is 3. The molecule has 0 aromatic carbocycles. The molecule has 0 spiro atoms. The Morgan fingerprint density at radius 2 is 2.36 bits per heavy atom. The maximum absolute atomic E-state index is 12.2. The fourth-order valence-corrected chi connectivity index (χ4v) is 3.80. The second kappa shape index (κ2) is 8.57. The molecule has 0 bridgehead atoms. The zero-order valence-electron chi connectivity index (χ0n) is 16.1. The Balaban J connectivity index is 1.95. The highest BCUT2D eigenvalue weighted by atomic mass is 16.2. The molecule has 2 unspecified atom stereocenters. The summed E-state index contributed by atoms with van der Waals surface area (Å²) in [4.78, 5) is 21.6. The molecule has 8 heteroatoms. The van der Waals surface area contributed by atoms with Crippen molar-refractivity contribution in [2.45, 2.75) is 25.8 Å². The average molecular weight is 379 g/mol. The number of amides is 1. The van der Waals surface area contributed by atoms with Crippen molar-refractivity contribution in [3.05, 3.63) is 30.1 Å². The first-order valence-electron chi connectivity index (χ1n) is 9.33. The van der Waals surface area contributed by atoms with E-state index in [1.54, 1.807) is 17.2 Å². The fraction of sp³-hybridized carbons (Fsp3) is 0.400. The van der Waals surface area contributed by atoms with E-state index in [4.69, 9.17) is 10.7 Å². The van der Waals surface area contributed by atoms with Gasteiger partial charge in [0.05, 0.1) is 11.8 Å². The van der Waals surface area contributed by atoms with Gasteiger partial charge in [0.15, 0.2) is 0 Å². The SMILES string of the molecule is CN/C(=C\C=N)c1cnc2[nH]ccc2c1NC1CC(C)CN(C(=O)CC#N)C1. The molecule has 2 atom stereocenters. The minimum Gasteiger partial charge on any atom is -0.387 e. The number of likely N-dealkylation sites (tertiary alicyclic amines) is 1. The molecule has 1 aliphatic rings. The highest BCUT2D eigenvalue weighted by Gasteiger charge is 2.28. The number of allylic oxidation sites excluding steroid dienone is 1. The highest BCUT2D eigenvalue weighted by Crippen LogP contribution is 2.31. The topological polar surface area (TPSA) is 121 Å². The Morgan fingerprint density at radius 3 is 3.07 bits per heavy atom. The molecule has 2 aromatic heterocycles. The monoisotopic (exact) mass is 379 g/mol. The second-order valence-electron chi connectivity index (χ2n) is 7.10. The lowest BCUT2D eigenvalue weighted by Crippen LogP contribution is -2.48. The minimum absolute atomic E-state index is 0.0590. The summed E-state index contributed by atoms with van der Waals surface area (Å²) in [6.07, 6.45) is 7.38. The van der Waals surface area contributed by atoms with E-state index < -0.39 is 0 Å². The van der Waals surface area contributed by atoms with Crippen molar-refractivity contribution in [3.63, 3.8) is 0 Å². The number of rotatable bonds is 6. The van der Waals surface area contributed by atoms with E-state index in [0.29, 0.717) is 19.0 Å². The number of anilines is 1. The number of piperidine rings is 1. The number of hydrogen-bond donors (Lipinski definition) is 4. The van der Waals surface area contributed by atoms with Gasteiger partial charge in [-0.2, -0.15) is 5.26 Å². The van der Waals surface area contributed by atoms with Crippen LogP contribution in [0.2, 0.25) is 0 Å². The summed E-state index contributed by atoms with van der Waals surface area (Å²) in [7, 11) is 1.81. The van der Waals surface area contributed by atoms with Gasteiger partial charge in [0.2, 0.25) is 5.91 Å². The third-order valence-electron chi connectivity index (χ3n) is 4.99. The normalized spacial score (nSPS) is 19.9. The highest BCUT2D eigenvalue weighted by molar-refractivity contribution is 5.97. The van der Waals surface area contributed by atoms with E-state index in [2.05, 4.69) is 27.5 Å². The zero-order chi connectivity index (χ0) is 20.1. The standard InChI is InChI=1S/C20H25N7O/c1-13-9-14(12-27(11-13)18(28)4-7-22)26-19-15-5-8-24-20(15)25-10-16(19)17(23-2)3-6-21/h3,5-6,8,10,13-14,21,23H,4,9,11-12H2,1-2H3,(H2,24,25,26)/b17-3-,21-6?. The summed E-state index contributed by atoms with van der Waals surface area (Å²) < 4.78 is 0. The minimum atomic E-state index is -0.123. The molecule has 3 rings (SSSR count). The molecule has 1 saturated heterocycles. The molecule has 4 N–H and O–H groups in total. The molecule has 8 nitrogen and oxygen atoms in total. The van der Waals surface area contributed by atoms with Crippen LogP contribution in [0.3, 0.4) is 0 Å². The van der Waals surface area contributed by atoms with Crippen LogP contribution in [0.15, 0.2) is 24.5 Å². The lowest BCUT2D eigenvalue weighted by atomic mass is 9.95. The molecule has 146 valence electrons. The first-order chi connectivity index (χ1) is 13.6. The summed E-state index contributed by atoms with van der Waals surface area (Å²) in [5.41, 5.74) is 3.35. The third-order valence-corrected chi connectivity index (χ3v) is 4.99. The third kappa shape index (κ3) is 3.98. The first kappa shape index (κ1) is 19.4. The maximum Gasteiger partial charge on any atom is 0.236 e. The molecule has 0 saturated carbocycles. The van der Waals surface area contributed by atoms with Gasteiger partial charge in [-0.1, -0.05) is 6.92 Å². The molecule has 0 radical (unpaired) electrons. The number of carbonyl (C=O) groups is 1. The molecular formula is C20H25N7O. The number of fused-ring (bicyclic) bond motifs is 1. The molecule has 0 aliphatic carbocycles. The molecular weight excluding hydrogens is 354 g/mol. The van der Waals surface area contributed by atoms with E-state index in [0.717, 1.165) is 34.4 Å². The Bertz CT molecular complexity index is 940. The van der Waals surface area contributed by atoms with Gasteiger partial charge in [-0.15, -0.1) is 0 Å². The summed E-state index contributed by atoms with van der Waals surface area (Å²) >= 11 is 0. The van der Waals surface area contributed by atoms with Gasteiger partial charge in [0.1, 0.15) is 12.1 Å². The number of nitriles is 1. The molecule has 1 amide bonds. The van der Waals surface area contributed by atoms with Crippen LogP contribution < -0.4 is 10.6 Å². The Labute approximate surface area is 164 Å².